The summed E-state index contributed by atoms with van der Waals surface area (Å²) in [4.78, 5) is 5.23. The van der Waals surface area contributed by atoms with E-state index in [0.29, 0.717) is 24.2 Å². The van der Waals surface area contributed by atoms with Crippen LogP contribution in [-0.4, -0.2) is 47.1 Å². The van der Waals surface area contributed by atoms with Crippen LogP contribution in [0.25, 0.3) is 0 Å². The van der Waals surface area contributed by atoms with Crippen LogP contribution in [0, 0.1) is 0 Å². The average molecular weight is 194 g/mol. The summed E-state index contributed by atoms with van der Waals surface area (Å²) in [5, 5.41) is 0. The van der Waals surface area contributed by atoms with Crippen molar-refractivity contribution in [1.29, 1.82) is 0 Å². The quantitative estimate of drug-likeness (QED) is 0.618. The number of piperazine rings is 1. The minimum absolute atomic E-state index is 0.663. The molecule has 0 aromatic rings. The highest BCUT2D eigenvalue weighted by Gasteiger charge is 2.37. The van der Waals surface area contributed by atoms with Crippen LogP contribution in [0.3, 0.4) is 0 Å². The van der Waals surface area contributed by atoms with Crippen molar-refractivity contribution in [2.24, 2.45) is 0 Å². The molecule has 0 N–H and O–H groups in total. The summed E-state index contributed by atoms with van der Waals surface area (Å²) in [6, 6.07) is 2.69. The van der Waals surface area contributed by atoms with E-state index < -0.39 is 0 Å². The largest absolute Gasteiger partial charge is 0.297 e. The van der Waals surface area contributed by atoms with Gasteiger partial charge in [-0.2, -0.15) is 0 Å². The highest BCUT2D eigenvalue weighted by molar-refractivity contribution is 5.16. The average Bonchev–Trinajstić information content (AvgIpc) is 2.37. The molecule has 2 heterocycles. The van der Waals surface area contributed by atoms with Gasteiger partial charge in [-0.1, -0.05) is 12.2 Å². The van der Waals surface area contributed by atoms with E-state index in [1.165, 1.54) is 13.1 Å². The molecule has 2 aliphatic rings. The first-order valence-corrected chi connectivity index (χ1v) is 5.79. The van der Waals surface area contributed by atoms with Gasteiger partial charge in [-0.25, -0.2) is 0 Å². The molecule has 2 unspecified atom stereocenters. The summed E-state index contributed by atoms with van der Waals surface area (Å²) in [6.45, 7) is 11.6. The lowest BCUT2D eigenvalue weighted by molar-refractivity contribution is 0.0395. The van der Waals surface area contributed by atoms with Gasteiger partial charge in [0.15, 0.2) is 0 Å². The maximum Gasteiger partial charge on any atom is 0.0415 e. The van der Waals surface area contributed by atoms with Crippen LogP contribution in [0.2, 0.25) is 0 Å². The Morgan fingerprint density at radius 3 is 1.79 bits per heavy atom. The van der Waals surface area contributed by atoms with E-state index in [2.05, 4.69) is 49.6 Å². The van der Waals surface area contributed by atoms with Gasteiger partial charge in [-0.05, 0) is 27.7 Å². The molecule has 2 aliphatic heterocycles. The third kappa shape index (κ3) is 1.61. The lowest BCUT2D eigenvalue weighted by Gasteiger charge is -2.44. The molecule has 2 heteroatoms. The fourth-order valence-corrected chi connectivity index (χ4v) is 2.75. The van der Waals surface area contributed by atoms with Gasteiger partial charge in [0.25, 0.3) is 0 Å². The zero-order chi connectivity index (χ0) is 10.3. The van der Waals surface area contributed by atoms with Crippen molar-refractivity contribution in [3.05, 3.63) is 12.2 Å². The maximum absolute atomic E-state index is 2.64. The first-order chi connectivity index (χ1) is 6.59. The maximum atomic E-state index is 2.64. The van der Waals surface area contributed by atoms with Gasteiger partial charge < -0.3 is 0 Å². The SMILES string of the molecule is CC(C)N1CC2C=CC(C1)N2C(C)C. The molecule has 0 radical (unpaired) electrons. The van der Waals surface area contributed by atoms with E-state index in [9.17, 15) is 0 Å². The Labute approximate surface area is 87.6 Å². The standard InChI is InChI=1S/C12H22N2/c1-9(2)13-7-11-5-6-12(8-13)14(11)10(3)4/h5-6,9-12H,7-8H2,1-4H3. The Morgan fingerprint density at radius 1 is 0.929 bits per heavy atom. The second-order valence-corrected chi connectivity index (χ2v) is 5.11. The van der Waals surface area contributed by atoms with Crippen molar-refractivity contribution in [3.63, 3.8) is 0 Å². The highest BCUT2D eigenvalue weighted by atomic mass is 15.3. The first-order valence-electron chi connectivity index (χ1n) is 5.79. The Hall–Kier alpha value is -0.340. The summed E-state index contributed by atoms with van der Waals surface area (Å²) in [7, 11) is 0. The molecule has 0 aromatic heterocycles. The van der Waals surface area contributed by atoms with E-state index >= 15 is 0 Å². The minimum Gasteiger partial charge on any atom is -0.297 e. The molecule has 0 aliphatic carbocycles. The molecule has 14 heavy (non-hydrogen) atoms. The van der Waals surface area contributed by atoms with E-state index in [-0.39, 0.29) is 0 Å². The highest BCUT2D eigenvalue weighted by Crippen LogP contribution is 2.27. The molecule has 0 amide bonds. The summed E-state index contributed by atoms with van der Waals surface area (Å²) in [5.41, 5.74) is 0. The van der Waals surface area contributed by atoms with Crippen molar-refractivity contribution in [3.8, 4) is 0 Å². The van der Waals surface area contributed by atoms with Gasteiger partial charge in [0.05, 0.1) is 0 Å². The molecule has 2 bridgehead atoms. The summed E-state index contributed by atoms with van der Waals surface area (Å²) < 4.78 is 0. The van der Waals surface area contributed by atoms with Crippen molar-refractivity contribution in [2.75, 3.05) is 13.1 Å². The van der Waals surface area contributed by atoms with Crippen molar-refractivity contribution < 1.29 is 0 Å². The normalized spacial score (nSPS) is 33.6. The van der Waals surface area contributed by atoms with Crippen LogP contribution < -0.4 is 0 Å². The van der Waals surface area contributed by atoms with Crippen molar-refractivity contribution in [2.45, 2.75) is 51.9 Å². The topological polar surface area (TPSA) is 6.48 Å². The third-order valence-electron chi connectivity index (χ3n) is 3.49. The molecule has 1 fully saturated rings. The number of nitrogens with zero attached hydrogens (tertiary/aromatic N) is 2. The lowest BCUT2D eigenvalue weighted by Crippen LogP contribution is -2.57. The molecular formula is C12H22N2. The Morgan fingerprint density at radius 2 is 1.43 bits per heavy atom. The lowest BCUT2D eigenvalue weighted by atomic mass is 10.1. The number of rotatable bonds is 2. The van der Waals surface area contributed by atoms with Gasteiger partial charge in [0.2, 0.25) is 0 Å². The molecule has 2 atom stereocenters. The van der Waals surface area contributed by atoms with E-state index in [1.54, 1.807) is 0 Å². The predicted molar refractivity (Wildman–Crippen MR) is 60.4 cm³/mol. The van der Waals surface area contributed by atoms with Crippen molar-refractivity contribution in [1.82, 2.24) is 9.80 Å². The minimum atomic E-state index is 0.663. The summed E-state index contributed by atoms with van der Waals surface area (Å²) >= 11 is 0. The monoisotopic (exact) mass is 194 g/mol. The van der Waals surface area contributed by atoms with E-state index in [4.69, 9.17) is 0 Å². The van der Waals surface area contributed by atoms with Crippen LogP contribution in [0.5, 0.6) is 0 Å². The summed E-state index contributed by atoms with van der Waals surface area (Å²) in [5.74, 6) is 0. The molecule has 2 nitrogen and oxygen atoms in total. The zero-order valence-corrected chi connectivity index (χ0v) is 9.77. The van der Waals surface area contributed by atoms with Crippen LogP contribution in [-0.2, 0) is 0 Å². The molecule has 0 aromatic carbocycles. The van der Waals surface area contributed by atoms with Gasteiger partial charge in [-0.15, -0.1) is 0 Å². The second-order valence-electron chi connectivity index (χ2n) is 5.11. The van der Waals surface area contributed by atoms with Gasteiger partial charge in [0, 0.05) is 37.3 Å². The van der Waals surface area contributed by atoms with Gasteiger partial charge in [0.1, 0.15) is 0 Å². The van der Waals surface area contributed by atoms with E-state index in [1.807, 2.05) is 0 Å². The predicted octanol–water partition coefficient (Wildman–Crippen LogP) is 1.73. The van der Waals surface area contributed by atoms with Crippen LogP contribution in [0.15, 0.2) is 12.2 Å². The van der Waals surface area contributed by atoms with Crippen LogP contribution in [0.1, 0.15) is 27.7 Å². The molecule has 2 rings (SSSR count). The fourth-order valence-electron chi connectivity index (χ4n) is 2.75. The Kier molecular flexibility index (Phi) is 2.67. The Balaban J connectivity index is 2.07. The molecule has 0 spiro atoms. The molecule has 80 valence electrons. The van der Waals surface area contributed by atoms with Gasteiger partial charge in [-0.3, -0.25) is 9.80 Å². The molecular weight excluding hydrogens is 172 g/mol. The first kappa shape index (κ1) is 10.2. The van der Waals surface area contributed by atoms with Crippen LogP contribution >= 0.6 is 0 Å². The second kappa shape index (κ2) is 3.67. The molecule has 0 saturated carbocycles. The third-order valence-corrected chi connectivity index (χ3v) is 3.49. The van der Waals surface area contributed by atoms with Gasteiger partial charge >= 0.3 is 0 Å². The summed E-state index contributed by atoms with van der Waals surface area (Å²) in [6.07, 6.45) is 4.79. The molecule has 1 saturated heterocycles. The number of fused-ring (bicyclic) bond motifs is 2. The van der Waals surface area contributed by atoms with E-state index in [0.717, 1.165) is 0 Å². The number of hydrogen-bond acceptors (Lipinski definition) is 2. The van der Waals surface area contributed by atoms with Crippen LogP contribution in [0.4, 0.5) is 0 Å². The fraction of sp³-hybridized carbons (Fsp3) is 0.833. The smallest absolute Gasteiger partial charge is 0.0415 e. The zero-order valence-electron chi connectivity index (χ0n) is 9.77. The Bertz CT molecular complexity index is 216. The van der Waals surface area contributed by atoms with Crippen molar-refractivity contribution >= 4 is 0 Å². The number of hydrogen-bond donors (Lipinski definition) is 0.